The number of halogens is 2. The van der Waals surface area contributed by atoms with Crippen LogP contribution < -0.4 is 25.7 Å². The quantitative estimate of drug-likeness (QED) is 0.0320. The maximum absolute atomic E-state index is 16.1. The van der Waals surface area contributed by atoms with Crippen LogP contribution in [0.5, 0.6) is 23.0 Å². The number of ether oxygens (including phenoxy) is 4. The van der Waals surface area contributed by atoms with Crippen molar-refractivity contribution < 1.29 is 73.2 Å². The largest absolute Gasteiger partial charge is 0.507 e. The Balaban J connectivity index is 0.922. The minimum atomic E-state index is -2.11. The number of hydrazone groups is 1. The minimum Gasteiger partial charge on any atom is -0.507 e. The Morgan fingerprint density at radius 3 is 2.27 bits per heavy atom. The number of aliphatic hydroxyl groups excluding tert-OH is 2. The number of carboxylic acids is 1. The number of allylic oxidation sites excluding steroid dienone is 2. The molecule has 7 aliphatic rings. The highest BCUT2D eigenvalue weighted by Gasteiger charge is 2.53. The molecule has 0 radical (unpaired) electrons. The molecule has 1 aromatic heterocycles. The molecule has 0 spiro atoms. The monoisotopic (exact) mass is 1210 g/mol. The summed E-state index contributed by atoms with van der Waals surface area (Å²) in [6.45, 7) is 14.4. The zero-order chi connectivity index (χ0) is 62.2. The molecule has 5 aliphatic heterocycles. The molecule has 8 N–H and O–H groups in total. The topological polar surface area (TPSA) is 291 Å². The van der Waals surface area contributed by atoms with E-state index in [1.807, 2.05) is 4.90 Å². The molecule has 21 nitrogen and oxygen atoms in total. The number of amides is 1. The van der Waals surface area contributed by atoms with Gasteiger partial charge in [-0.15, -0.1) is 0 Å². The Morgan fingerprint density at radius 2 is 1.63 bits per heavy atom. The fourth-order valence-electron chi connectivity index (χ4n) is 13.3. The zero-order valence-electron chi connectivity index (χ0n) is 49.7. The van der Waals surface area contributed by atoms with E-state index in [1.54, 1.807) is 49.4 Å². The Hall–Kier alpha value is -7.24. The Morgan fingerprint density at radius 1 is 0.930 bits per heavy atom. The molecule has 4 aromatic rings. The summed E-state index contributed by atoms with van der Waals surface area (Å²) >= 11 is 7.02. The van der Waals surface area contributed by atoms with Crippen LogP contribution in [0, 0.1) is 42.3 Å². The van der Waals surface area contributed by atoms with E-state index in [0.29, 0.717) is 44.5 Å². The third kappa shape index (κ3) is 11.3. The third-order valence-corrected chi connectivity index (χ3v) is 19.1. The van der Waals surface area contributed by atoms with Gasteiger partial charge < -0.3 is 69.7 Å². The molecule has 4 fully saturated rings. The lowest BCUT2D eigenvalue weighted by Crippen LogP contribution is -2.49. The van der Waals surface area contributed by atoms with Crippen LogP contribution in [0.4, 0.5) is 15.8 Å². The van der Waals surface area contributed by atoms with Gasteiger partial charge >= 0.3 is 17.7 Å². The van der Waals surface area contributed by atoms with Gasteiger partial charge in [0.1, 0.15) is 34.7 Å². The summed E-state index contributed by atoms with van der Waals surface area (Å²) in [7, 11) is 1.42. The number of phenolic OH excluding ortho intramolecular Hbond substituents is 3. The minimum absolute atomic E-state index is 0.0150. The summed E-state index contributed by atoms with van der Waals surface area (Å²) in [5, 5.41) is 82.1. The number of aromatic nitrogens is 1. The number of aliphatic hydroxyl groups is 2. The number of Topliss-reactive ketones (excluding diaryl/α,β-unsaturated/α-hetero) is 1. The summed E-state index contributed by atoms with van der Waals surface area (Å²) in [4.78, 5) is 68.6. The number of aromatic carboxylic acids is 1. The number of hydrogen-bond acceptors (Lipinski definition) is 18. The van der Waals surface area contributed by atoms with Gasteiger partial charge in [0.2, 0.25) is 5.43 Å². The number of nitrogens with one attached hydrogen (secondary N) is 2. The van der Waals surface area contributed by atoms with E-state index < -0.39 is 112 Å². The molecular weight excluding hydrogens is 1140 g/mol. The molecule has 2 saturated heterocycles. The van der Waals surface area contributed by atoms with Crippen molar-refractivity contribution in [3.63, 3.8) is 0 Å². The Bertz CT molecular complexity index is 3610. The molecule has 11 rings (SSSR count). The van der Waals surface area contributed by atoms with Gasteiger partial charge in [-0.05, 0) is 76.9 Å². The maximum atomic E-state index is 16.1. The predicted octanol–water partition coefficient (Wildman–Crippen LogP) is 8.34. The van der Waals surface area contributed by atoms with Crippen LogP contribution in [0.1, 0.15) is 131 Å². The van der Waals surface area contributed by atoms with Gasteiger partial charge in [-0.25, -0.2) is 9.18 Å². The normalized spacial score (nSPS) is 28.3. The highest BCUT2D eigenvalue weighted by molar-refractivity contribution is 6.38. The standard InChI is InChI=1S/C63H76ClFN6O15/c1-29-11-10-12-30(2)60(80)67-48-40(26-66-70-22-16-37(17-23-70)68-63(19-20-63)36-15-21-69(27-36)50-42(65)25-39-49(47(50)64)71(38-13-14-38)28-41(54(39)76)61(81)82)55(77)44-45(56(48)78)53(75)34(6)58-46(44)59(79)62(8,86-58)84-24-18-43(83-9)31(3)57(85-35(7)72)33(5)52(74)32(4)51(29)73/h10-12,18,24-26,28-29,31-33,36-38,43,51-52,57,68,73-75,77-78H,13-17,19-23,27H2,1-9H3,(H,67,80)(H,81,82)/t29-,31+,32+,33+,36?,43-,51-,52+,57+,62-/m0/s1. The predicted molar refractivity (Wildman–Crippen MR) is 320 cm³/mol. The molecule has 462 valence electrons. The van der Waals surface area contributed by atoms with Crippen molar-refractivity contribution in [3.8, 4) is 23.0 Å². The van der Waals surface area contributed by atoms with Gasteiger partial charge in [0.25, 0.3) is 11.7 Å². The second-order valence-electron chi connectivity index (χ2n) is 24.6. The van der Waals surface area contributed by atoms with Crippen LogP contribution in [-0.2, 0) is 23.8 Å². The number of piperidine rings is 1. The first kappa shape index (κ1) is 61.8. The fraction of sp³-hybridized carbons (Fsp3) is 0.524. The number of nitrogens with zero attached hydrogens (tertiary/aromatic N) is 4. The van der Waals surface area contributed by atoms with Gasteiger partial charge in [0.15, 0.2) is 5.75 Å². The fourth-order valence-corrected chi connectivity index (χ4v) is 13.7. The van der Waals surface area contributed by atoms with Crippen molar-refractivity contribution in [2.24, 2.45) is 34.7 Å². The number of esters is 1. The smallest absolute Gasteiger partial charge is 0.341 e. The SMILES string of the molecule is CO[C@H]1C=CO[C@@]2(C)Oc3c(C)c(O)c4c(O)c(c(C=NN5CCC(NC6(C7CCN(c8c(F)cc9c(=O)c(C(=O)O)cn(C%10CC%10)c9c8Cl)C7)CC6)CC5)c(O)c4c3C2=O)NC(=O)C(C)=CC=C[C@H](C)[C@H](O)[C@@H](C)[C@@H](O)[C@@H](C)[C@H](OC(C)=O)[C@@H]1C. The number of ketones is 1. The molecule has 2 aliphatic carbocycles. The number of phenols is 3. The van der Waals surface area contributed by atoms with Crippen molar-refractivity contribution in [1.29, 1.82) is 0 Å². The number of aromatic hydroxyl groups is 3. The van der Waals surface area contributed by atoms with Gasteiger partial charge in [-0.1, -0.05) is 57.5 Å². The zero-order valence-corrected chi connectivity index (χ0v) is 50.4. The number of anilines is 2. The lowest BCUT2D eigenvalue weighted by Gasteiger charge is -2.38. The number of carboxylic acid groups (broad SMARTS) is 1. The van der Waals surface area contributed by atoms with Crippen LogP contribution >= 0.6 is 11.6 Å². The first-order valence-electron chi connectivity index (χ1n) is 29.4. The number of fused-ring (bicyclic) bond motifs is 15. The third-order valence-electron chi connectivity index (χ3n) is 18.8. The number of methoxy groups -OCH3 is 1. The van der Waals surface area contributed by atoms with Gasteiger partial charge in [-0.3, -0.25) is 24.2 Å². The lowest BCUT2D eigenvalue weighted by atomic mass is 9.78. The maximum Gasteiger partial charge on any atom is 0.341 e. The van der Waals surface area contributed by atoms with Crippen LogP contribution in [0.25, 0.3) is 21.7 Å². The second kappa shape index (κ2) is 23.8. The average molecular weight is 1210 g/mol. The van der Waals surface area contributed by atoms with Crippen LogP contribution in [0.3, 0.4) is 0 Å². The van der Waals surface area contributed by atoms with Crippen LogP contribution in [0.15, 0.2) is 58.3 Å². The molecule has 5 bridgehead atoms. The molecule has 3 aromatic carbocycles. The Kier molecular flexibility index (Phi) is 17.1. The molecule has 6 heterocycles. The number of carbonyl (C=O) groups excluding carboxylic acids is 3. The molecule has 2 saturated carbocycles. The average Bonchev–Trinajstić information content (AvgIpc) is 1.54. The van der Waals surface area contributed by atoms with Crippen molar-refractivity contribution in [2.45, 2.75) is 148 Å². The summed E-state index contributed by atoms with van der Waals surface area (Å²) in [6.07, 6.45) is 11.4. The van der Waals surface area contributed by atoms with E-state index in [2.05, 4.69) is 10.6 Å². The molecule has 23 heteroatoms. The first-order valence-corrected chi connectivity index (χ1v) is 29.8. The van der Waals surface area contributed by atoms with E-state index in [4.69, 9.17) is 35.6 Å². The highest BCUT2D eigenvalue weighted by atomic mass is 35.5. The van der Waals surface area contributed by atoms with E-state index >= 15 is 4.39 Å². The van der Waals surface area contributed by atoms with Crippen LogP contribution in [-0.4, -0.2) is 145 Å². The lowest BCUT2D eigenvalue weighted by molar-refractivity contribution is -0.160. The molecule has 10 atom stereocenters. The first-order chi connectivity index (χ1) is 40.7. The number of rotatable bonds is 10. The number of pyridine rings is 1. The van der Waals surface area contributed by atoms with Gasteiger partial charge in [-0.2, -0.15) is 5.10 Å². The molecule has 86 heavy (non-hydrogen) atoms. The summed E-state index contributed by atoms with van der Waals surface area (Å²) in [5.41, 5.74) is -1.48. The van der Waals surface area contributed by atoms with Crippen molar-refractivity contribution in [2.75, 3.05) is 43.5 Å². The summed E-state index contributed by atoms with van der Waals surface area (Å²) < 4.78 is 41.7. The molecular formula is C63H76ClFN6O15. The van der Waals surface area contributed by atoms with E-state index in [0.717, 1.165) is 38.2 Å². The van der Waals surface area contributed by atoms with Crippen molar-refractivity contribution >= 4 is 74.5 Å². The number of carbonyl (C=O) groups is 4. The molecule has 1 unspecified atom stereocenters. The van der Waals surface area contributed by atoms with Gasteiger partial charge in [0.05, 0.1) is 74.6 Å². The van der Waals surface area contributed by atoms with Crippen molar-refractivity contribution in [1.82, 2.24) is 14.9 Å². The van der Waals surface area contributed by atoms with Gasteiger partial charge in [0, 0.05) is 111 Å². The highest BCUT2D eigenvalue weighted by Crippen LogP contribution is 2.56. The second-order valence-corrected chi connectivity index (χ2v) is 24.9. The van der Waals surface area contributed by atoms with Crippen molar-refractivity contribution in [3.05, 3.63) is 91.7 Å². The summed E-state index contributed by atoms with van der Waals surface area (Å²) in [6, 6.07) is 1.15. The van der Waals surface area contributed by atoms with E-state index in [-0.39, 0.29) is 84.1 Å². The van der Waals surface area contributed by atoms with E-state index in [1.165, 1.54) is 65.6 Å². The van der Waals surface area contributed by atoms with Crippen LogP contribution in [0.2, 0.25) is 5.02 Å². The number of benzene rings is 3. The summed E-state index contributed by atoms with van der Waals surface area (Å²) in [5.74, 6) is -10.8. The van der Waals surface area contributed by atoms with E-state index in [9.17, 15) is 54.6 Å². The number of hydrogen-bond donors (Lipinski definition) is 8. The molecule has 1 amide bonds. The Labute approximate surface area is 501 Å².